The van der Waals surface area contributed by atoms with Crippen LogP contribution >= 0.6 is 11.3 Å². The SMILES string of the molecule is Cc1nc(C(C)Nc2nc3ccccc3s2)n[nH]1. The van der Waals surface area contributed by atoms with Gasteiger partial charge in [-0.3, -0.25) is 5.10 Å². The highest BCUT2D eigenvalue weighted by molar-refractivity contribution is 7.22. The summed E-state index contributed by atoms with van der Waals surface area (Å²) in [5.74, 6) is 1.58. The lowest BCUT2D eigenvalue weighted by Gasteiger charge is -2.07. The van der Waals surface area contributed by atoms with Gasteiger partial charge < -0.3 is 5.32 Å². The van der Waals surface area contributed by atoms with E-state index in [4.69, 9.17) is 0 Å². The summed E-state index contributed by atoms with van der Waals surface area (Å²) in [5.41, 5.74) is 1.02. The number of aryl methyl sites for hydroxylation is 1. The minimum absolute atomic E-state index is 0.0375. The maximum atomic E-state index is 4.53. The van der Waals surface area contributed by atoms with Crippen molar-refractivity contribution in [1.82, 2.24) is 20.2 Å². The van der Waals surface area contributed by atoms with Gasteiger partial charge in [0.05, 0.1) is 16.3 Å². The third-order valence-electron chi connectivity index (χ3n) is 2.64. The van der Waals surface area contributed by atoms with Crippen molar-refractivity contribution in [3.05, 3.63) is 35.9 Å². The molecule has 92 valence electrons. The fourth-order valence-corrected chi connectivity index (χ4v) is 2.69. The van der Waals surface area contributed by atoms with Crippen LogP contribution < -0.4 is 5.32 Å². The van der Waals surface area contributed by atoms with Gasteiger partial charge in [-0.1, -0.05) is 23.5 Å². The normalized spacial score (nSPS) is 12.8. The third kappa shape index (κ3) is 2.06. The zero-order valence-corrected chi connectivity index (χ0v) is 11.0. The van der Waals surface area contributed by atoms with Crippen molar-refractivity contribution in [2.45, 2.75) is 19.9 Å². The van der Waals surface area contributed by atoms with E-state index in [9.17, 15) is 0 Å². The first kappa shape index (κ1) is 11.2. The van der Waals surface area contributed by atoms with Crippen LogP contribution in [0, 0.1) is 6.92 Å². The maximum absolute atomic E-state index is 4.53. The summed E-state index contributed by atoms with van der Waals surface area (Å²) in [5, 5.41) is 11.2. The van der Waals surface area contributed by atoms with Gasteiger partial charge in [-0.2, -0.15) is 5.10 Å². The molecule has 18 heavy (non-hydrogen) atoms. The molecule has 0 bridgehead atoms. The second-order valence-electron chi connectivity index (χ2n) is 4.13. The molecule has 2 heterocycles. The number of benzene rings is 1. The molecular formula is C12H13N5S. The van der Waals surface area contributed by atoms with E-state index in [2.05, 4.69) is 31.5 Å². The Morgan fingerprint density at radius 1 is 1.28 bits per heavy atom. The summed E-state index contributed by atoms with van der Waals surface area (Å²) in [6.45, 7) is 3.91. The van der Waals surface area contributed by atoms with E-state index in [1.165, 1.54) is 4.70 Å². The maximum Gasteiger partial charge on any atom is 0.184 e. The summed E-state index contributed by atoms with van der Waals surface area (Å²) in [4.78, 5) is 8.84. The number of nitrogens with one attached hydrogen (secondary N) is 2. The Hall–Kier alpha value is -1.95. The van der Waals surface area contributed by atoms with Crippen molar-refractivity contribution in [2.75, 3.05) is 5.32 Å². The van der Waals surface area contributed by atoms with Crippen LogP contribution in [0.2, 0.25) is 0 Å². The lowest BCUT2D eigenvalue weighted by Crippen LogP contribution is -2.08. The van der Waals surface area contributed by atoms with E-state index in [1.54, 1.807) is 11.3 Å². The Balaban J connectivity index is 1.83. The molecule has 0 aliphatic heterocycles. The van der Waals surface area contributed by atoms with Gasteiger partial charge in [0.15, 0.2) is 11.0 Å². The van der Waals surface area contributed by atoms with Crippen LogP contribution in [0.3, 0.4) is 0 Å². The quantitative estimate of drug-likeness (QED) is 0.759. The first-order chi connectivity index (χ1) is 8.72. The molecule has 5 nitrogen and oxygen atoms in total. The zero-order chi connectivity index (χ0) is 12.5. The largest absolute Gasteiger partial charge is 0.352 e. The second kappa shape index (κ2) is 4.38. The average Bonchev–Trinajstić information content (AvgIpc) is 2.94. The lowest BCUT2D eigenvalue weighted by atomic mass is 10.3. The molecule has 1 aromatic carbocycles. The number of thiazole rings is 1. The molecule has 6 heteroatoms. The van der Waals surface area contributed by atoms with Crippen LogP contribution in [0.15, 0.2) is 24.3 Å². The number of aromatic nitrogens is 4. The van der Waals surface area contributed by atoms with Crippen molar-refractivity contribution in [2.24, 2.45) is 0 Å². The van der Waals surface area contributed by atoms with Crippen LogP contribution in [0.25, 0.3) is 10.2 Å². The number of para-hydroxylation sites is 1. The molecule has 1 atom stereocenters. The average molecular weight is 259 g/mol. The number of anilines is 1. The summed E-state index contributed by atoms with van der Waals surface area (Å²) in [6.07, 6.45) is 0. The molecule has 0 saturated heterocycles. The molecule has 0 aliphatic rings. The second-order valence-corrected chi connectivity index (χ2v) is 5.16. The van der Waals surface area contributed by atoms with Gasteiger partial charge in [0.2, 0.25) is 0 Å². The van der Waals surface area contributed by atoms with Gasteiger partial charge in [0, 0.05) is 0 Å². The molecule has 3 aromatic rings. The molecule has 0 saturated carbocycles. The van der Waals surface area contributed by atoms with E-state index >= 15 is 0 Å². The smallest absolute Gasteiger partial charge is 0.184 e. The van der Waals surface area contributed by atoms with Gasteiger partial charge >= 0.3 is 0 Å². The topological polar surface area (TPSA) is 66.5 Å². The highest BCUT2D eigenvalue weighted by atomic mass is 32.1. The van der Waals surface area contributed by atoms with E-state index < -0.39 is 0 Å². The molecule has 0 aliphatic carbocycles. The summed E-state index contributed by atoms with van der Waals surface area (Å²) < 4.78 is 1.18. The summed E-state index contributed by atoms with van der Waals surface area (Å²) in [7, 11) is 0. The van der Waals surface area contributed by atoms with E-state index in [-0.39, 0.29) is 6.04 Å². The van der Waals surface area contributed by atoms with Gasteiger partial charge in [-0.15, -0.1) is 0 Å². The Labute approximate surface area is 108 Å². The molecule has 0 fully saturated rings. The van der Waals surface area contributed by atoms with Crippen LogP contribution in [-0.4, -0.2) is 20.2 Å². The molecule has 3 rings (SSSR count). The molecule has 2 aromatic heterocycles. The molecule has 0 amide bonds. The van der Waals surface area contributed by atoms with Gasteiger partial charge in [-0.05, 0) is 26.0 Å². The van der Waals surface area contributed by atoms with Gasteiger partial charge in [0.25, 0.3) is 0 Å². The molecule has 0 radical (unpaired) electrons. The molecular weight excluding hydrogens is 246 g/mol. The lowest BCUT2D eigenvalue weighted by molar-refractivity contribution is 0.794. The summed E-state index contributed by atoms with van der Waals surface area (Å²) in [6, 6.07) is 8.13. The number of H-pyrrole nitrogens is 1. The first-order valence-electron chi connectivity index (χ1n) is 5.73. The number of rotatable bonds is 3. The van der Waals surface area contributed by atoms with E-state index in [0.717, 1.165) is 22.3 Å². The number of hydrogen-bond acceptors (Lipinski definition) is 5. The number of nitrogens with zero attached hydrogens (tertiary/aromatic N) is 3. The van der Waals surface area contributed by atoms with Crippen molar-refractivity contribution >= 4 is 26.7 Å². The van der Waals surface area contributed by atoms with Crippen LogP contribution in [0.5, 0.6) is 0 Å². The Morgan fingerprint density at radius 2 is 2.11 bits per heavy atom. The number of fused-ring (bicyclic) bond motifs is 1. The van der Waals surface area contributed by atoms with Crippen molar-refractivity contribution in [3.63, 3.8) is 0 Å². The van der Waals surface area contributed by atoms with Crippen LogP contribution in [0.1, 0.15) is 24.6 Å². The van der Waals surface area contributed by atoms with Gasteiger partial charge in [0.1, 0.15) is 5.82 Å². The Bertz CT molecular complexity index is 639. The fourth-order valence-electron chi connectivity index (χ4n) is 1.74. The number of hydrogen-bond donors (Lipinski definition) is 2. The predicted octanol–water partition coefficient (Wildman–Crippen LogP) is 2.90. The van der Waals surface area contributed by atoms with Crippen molar-refractivity contribution in [3.8, 4) is 0 Å². The Morgan fingerprint density at radius 3 is 2.83 bits per heavy atom. The first-order valence-corrected chi connectivity index (χ1v) is 6.55. The van der Waals surface area contributed by atoms with Crippen molar-refractivity contribution in [1.29, 1.82) is 0 Å². The highest BCUT2D eigenvalue weighted by Gasteiger charge is 2.12. The zero-order valence-electron chi connectivity index (χ0n) is 10.1. The standard InChI is InChI=1S/C12H13N5S/c1-7(11-14-8(2)16-17-11)13-12-15-9-5-3-4-6-10(9)18-12/h3-7H,1-2H3,(H,13,15)(H,14,16,17). The minimum Gasteiger partial charge on any atom is -0.352 e. The van der Waals surface area contributed by atoms with Crippen LogP contribution in [0.4, 0.5) is 5.13 Å². The molecule has 1 unspecified atom stereocenters. The van der Waals surface area contributed by atoms with E-state index in [0.29, 0.717) is 0 Å². The predicted molar refractivity (Wildman–Crippen MR) is 72.8 cm³/mol. The number of aromatic amines is 1. The van der Waals surface area contributed by atoms with E-state index in [1.807, 2.05) is 32.0 Å². The fraction of sp³-hybridized carbons (Fsp3) is 0.250. The Kier molecular flexibility index (Phi) is 2.71. The molecule has 0 spiro atoms. The highest BCUT2D eigenvalue weighted by Crippen LogP contribution is 2.27. The third-order valence-corrected chi connectivity index (χ3v) is 3.60. The van der Waals surface area contributed by atoms with Crippen molar-refractivity contribution < 1.29 is 0 Å². The molecule has 2 N–H and O–H groups in total. The van der Waals surface area contributed by atoms with Gasteiger partial charge in [-0.25, -0.2) is 9.97 Å². The van der Waals surface area contributed by atoms with Crippen LogP contribution in [-0.2, 0) is 0 Å². The summed E-state index contributed by atoms with van der Waals surface area (Å²) >= 11 is 1.64. The minimum atomic E-state index is 0.0375. The monoisotopic (exact) mass is 259 g/mol.